The minimum atomic E-state index is -0.0404. The molecule has 88 valence electrons. The van der Waals surface area contributed by atoms with Crippen molar-refractivity contribution < 1.29 is 0 Å². The molecule has 2 aromatic rings. The normalized spacial score (nSPS) is 14.8. The predicted octanol–water partition coefficient (Wildman–Crippen LogP) is 4.63. The van der Waals surface area contributed by atoms with Crippen LogP contribution in [0.15, 0.2) is 40.9 Å². The Kier molecular flexibility index (Phi) is 2.36. The van der Waals surface area contributed by atoms with E-state index in [1.54, 1.807) is 0 Å². The maximum Gasteiger partial charge on any atom is 0.0991 e. The fourth-order valence-corrected chi connectivity index (χ4v) is 3.39. The first kappa shape index (κ1) is 11.5. The van der Waals surface area contributed by atoms with Gasteiger partial charge in [-0.3, -0.25) is 0 Å². The van der Waals surface area contributed by atoms with Crippen molar-refractivity contribution in [2.24, 2.45) is 0 Å². The molecule has 0 fully saturated rings. The lowest BCUT2D eigenvalue weighted by Gasteiger charge is -2.21. The van der Waals surface area contributed by atoms with Crippen molar-refractivity contribution in [1.29, 1.82) is 5.26 Å². The highest BCUT2D eigenvalue weighted by atomic mass is 79.9. The molecule has 0 unspecified atom stereocenters. The molecule has 2 heteroatoms. The lowest BCUT2D eigenvalue weighted by atomic mass is 9.82. The van der Waals surface area contributed by atoms with Crippen LogP contribution in [0.3, 0.4) is 0 Å². The summed E-state index contributed by atoms with van der Waals surface area (Å²) in [5.41, 5.74) is 5.75. The topological polar surface area (TPSA) is 23.8 Å². The number of benzene rings is 2. The molecule has 0 saturated carbocycles. The van der Waals surface area contributed by atoms with Gasteiger partial charge in [0.05, 0.1) is 11.6 Å². The average Bonchev–Trinajstić information content (AvgIpc) is 2.59. The fourth-order valence-electron chi connectivity index (χ4n) is 2.81. The van der Waals surface area contributed by atoms with Crippen LogP contribution in [0.25, 0.3) is 11.1 Å². The van der Waals surface area contributed by atoms with Crippen molar-refractivity contribution in [3.8, 4) is 17.2 Å². The van der Waals surface area contributed by atoms with Gasteiger partial charge in [-0.05, 0) is 34.9 Å². The summed E-state index contributed by atoms with van der Waals surface area (Å²) in [4.78, 5) is 0. The molecule has 1 nitrogen and oxygen atoms in total. The number of fused-ring (bicyclic) bond motifs is 3. The van der Waals surface area contributed by atoms with Gasteiger partial charge in [0, 0.05) is 15.5 Å². The fraction of sp³-hybridized carbons (Fsp3) is 0.188. The van der Waals surface area contributed by atoms with Gasteiger partial charge in [0.2, 0.25) is 0 Å². The summed E-state index contributed by atoms with van der Waals surface area (Å²) in [7, 11) is 0. The Balaban J connectivity index is 2.40. The number of nitrogens with zero attached hydrogens (tertiary/aromatic N) is 1. The van der Waals surface area contributed by atoms with Gasteiger partial charge >= 0.3 is 0 Å². The molecule has 0 spiro atoms. The standard InChI is InChI=1S/C16H12BrN/c1-16(2)12-4-3-5-14(17)15(12)11-7-6-10(9-18)8-13(11)16/h3-8H,1-2H3. The molecule has 0 radical (unpaired) electrons. The molecular weight excluding hydrogens is 286 g/mol. The maximum atomic E-state index is 9.05. The third-order valence-electron chi connectivity index (χ3n) is 3.78. The van der Waals surface area contributed by atoms with Crippen LogP contribution in [0.1, 0.15) is 30.5 Å². The molecule has 0 atom stereocenters. The van der Waals surface area contributed by atoms with E-state index in [0.29, 0.717) is 0 Å². The summed E-state index contributed by atoms with van der Waals surface area (Å²) in [5.74, 6) is 0. The predicted molar refractivity (Wildman–Crippen MR) is 76.4 cm³/mol. The van der Waals surface area contributed by atoms with Crippen LogP contribution in [0, 0.1) is 11.3 Å². The largest absolute Gasteiger partial charge is 0.192 e. The third-order valence-corrected chi connectivity index (χ3v) is 4.44. The van der Waals surface area contributed by atoms with Crippen LogP contribution >= 0.6 is 15.9 Å². The van der Waals surface area contributed by atoms with E-state index >= 15 is 0 Å². The Bertz CT molecular complexity index is 693. The Labute approximate surface area is 115 Å². The number of hydrogen-bond donors (Lipinski definition) is 0. The summed E-state index contributed by atoms with van der Waals surface area (Å²) in [5, 5.41) is 9.05. The van der Waals surface area contributed by atoms with Gasteiger partial charge in [0.25, 0.3) is 0 Å². The van der Waals surface area contributed by atoms with Crippen LogP contribution in [-0.4, -0.2) is 0 Å². The lowest BCUT2D eigenvalue weighted by molar-refractivity contribution is 0.660. The van der Waals surface area contributed by atoms with Crippen LogP contribution < -0.4 is 0 Å². The molecule has 1 aliphatic carbocycles. The molecule has 2 aromatic carbocycles. The lowest BCUT2D eigenvalue weighted by Crippen LogP contribution is -2.15. The maximum absolute atomic E-state index is 9.05. The Morgan fingerprint density at radius 1 is 1.11 bits per heavy atom. The summed E-state index contributed by atoms with van der Waals surface area (Å²) < 4.78 is 1.12. The Morgan fingerprint density at radius 2 is 1.89 bits per heavy atom. The van der Waals surface area contributed by atoms with Crippen molar-refractivity contribution >= 4 is 15.9 Å². The van der Waals surface area contributed by atoms with Crippen molar-refractivity contribution in [3.05, 3.63) is 57.6 Å². The smallest absolute Gasteiger partial charge is 0.0991 e. The summed E-state index contributed by atoms with van der Waals surface area (Å²) in [6.45, 7) is 4.43. The molecular formula is C16H12BrN. The monoisotopic (exact) mass is 297 g/mol. The molecule has 0 N–H and O–H groups in total. The summed E-state index contributed by atoms with van der Waals surface area (Å²) in [6.07, 6.45) is 0. The number of hydrogen-bond acceptors (Lipinski definition) is 1. The number of rotatable bonds is 0. The van der Waals surface area contributed by atoms with Gasteiger partial charge in [-0.2, -0.15) is 5.26 Å². The number of nitriles is 1. The van der Waals surface area contributed by atoms with Crippen LogP contribution in [0.4, 0.5) is 0 Å². The van der Waals surface area contributed by atoms with E-state index in [0.717, 1.165) is 10.0 Å². The van der Waals surface area contributed by atoms with E-state index in [2.05, 4.69) is 60.1 Å². The van der Waals surface area contributed by atoms with Crippen molar-refractivity contribution in [3.63, 3.8) is 0 Å². The second-order valence-corrected chi connectivity index (χ2v) is 6.01. The van der Waals surface area contributed by atoms with E-state index in [1.807, 2.05) is 12.1 Å². The van der Waals surface area contributed by atoms with E-state index in [-0.39, 0.29) is 5.41 Å². The van der Waals surface area contributed by atoms with Gasteiger partial charge in [-0.25, -0.2) is 0 Å². The first-order chi connectivity index (χ1) is 8.55. The van der Waals surface area contributed by atoms with E-state index < -0.39 is 0 Å². The summed E-state index contributed by atoms with van der Waals surface area (Å²) >= 11 is 3.64. The zero-order valence-corrected chi connectivity index (χ0v) is 11.9. The van der Waals surface area contributed by atoms with Crippen LogP contribution in [0.5, 0.6) is 0 Å². The molecule has 3 rings (SSSR count). The van der Waals surface area contributed by atoms with Gasteiger partial charge in [-0.1, -0.05) is 48.0 Å². The zero-order valence-electron chi connectivity index (χ0n) is 10.3. The first-order valence-electron chi connectivity index (χ1n) is 5.89. The van der Waals surface area contributed by atoms with Gasteiger partial charge in [0.15, 0.2) is 0 Å². The first-order valence-corrected chi connectivity index (χ1v) is 6.69. The quantitative estimate of drug-likeness (QED) is 0.696. The minimum absolute atomic E-state index is 0.0404. The van der Waals surface area contributed by atoms with Crippen molar-refractivity contribution in [1.82, 2.24) is 0 Å². The van der Waals surface area contributed by atoms with Crippen molar-refractivity contribution in [2.75, 3.05) is 0 Å². The Hall–Kier alpha value is -1.59. The molecule has 0 aromatic heterocycles. The molecule has 0 bridgehead atoms. The van der Waals surface area contributed by atoms with Crippen LogP contribution in [0.2, 0.25) is 0 Å². The summed E-state index contributed by atoms with van der Waals surface area (Å²) in [6, 6.07) is 14.5. The number of halogens is 1. The van der Waals surface area contributed by atoms with E-state index in [1.165, 1.54) is 22.3 Å². The highest BCUT2D eigenvalue weighted by Crippen LogP contribution is 2.51. The highest BCUT2D eigenvalue weighted by molar-refractivity contribution is 9.10. The minimum Gasteiger partial charge on any atom is -0.192 e. The van der Waals surface area contributed by atoms with E-state index in [9.17, 15) is 0 Å². The van der Waals surface area contributed by atoms with Crippen molar-refractivity contribution in [2.45, 2.75) is 19.3 Å². The molecule has 18 heavy (non-hydrogen) atoms. The molecule has 0 saturated heterocycles. The SMILES string of the molecule is CC1(C)c2cc(C#N)ccc2-c2c(Br)cccc21. The molecule has 0 heterocycles. The van der Waals surface area contributed by atoms with Gasteiger partial charge < -0.3 is 0 Å². The molecule has 0 amide bonds. The second kappa shape index (κ2) is 3.70. The Morgan fingerprint density at radius 3 is 2.61 bits per heavy atom. The highest BCUT2D eigenvalue weighted by Gasteiger charge is 2.36. The molecule has 1 aliphatic rings. The molecule has 0 aliphatic heterocycles. The third kappa shape index (κ3) is 1.38. The van der Waals surface area contributed by atoms with Gasteiger partial charge in [0.1, 0.15) is 0 Å². The second-order valence-electron chi connectivity index (χ2n) is 5.16. The van der Waals surface area contributed by atoms with E-state index in [4.69, 9.17) is 5.26 Å². The van der Waals surface area contributed by atoms with Crippen LogP contribution in [-0.2, 0) is 5.41 Å². The average molecular weight is 298 g/mol. The zero-order chi connectivity index (χ0) is 12.9. The van der Waals surface area contributed by atoms with Gasteiger partial charge in [-0.15, -0.1) is 0 Å².